The van der Waals surface area contributed by atoms with Crippen LogP contribution in [0.5, 0.6) is 0 Å². The number of urea groups is 1. The van der Waals surface area contributed by atoms with E-state index >= 15 is 0 Å². The third-order valence-corrected chi connectivity index (χ3v) is 3.99. The second-order valence-corrected chi connectivity index (χ2v) is 5.82. The monoisotopic (exact) mass is 282 g/mol. The molecule has 2 rings (SSSR count). The minimum absolute atomic E-state index is 0.0141. The summed E-state index contributed by atoms with van der Waals surface area (Å²) in [6.07, 6.45) is 2.08. The Labute approximate surface area is 116 Å². The Morgan fingerprint density at radius 2 is 2.21 bits per heavy atom. The van der Waals surface area contributed by atoms with Gasteiger partial charge in [0, 0.05) is 24.5 Å². The molecule has 19 heavy (non-hydrogen) atoms. The number of thiophene rings is 1. The van der Waals surface area contributed by atoms with Gasteiger partial charge in [0.1, 0.15) is 0 Å². The van der Waals surface area contributed by atoms with Gasteiger partial charge in [-0.2, -0.15) is 0 Å². The molecule has 1 heterocycles. The van der Waals surface area contributed by atoms with Gasteiger partial charge in [0.2, 0.25) is 0 Å². The van der Waals surface area contributed by atoms with Crippen molar-refractivity contribution in [1.82, 2.24) is 9.80 Å². The second kappa shape index (κ2) is 6.06. The molecule has 1 N–H and O–H groups in total. The minimum Gasteiger partial charge on any atom is -0.481 e. The van der Waals surface area contributed by atoms with E-state index in [2.05, 4.69) is 0 Å². The summed E-state index contributed by atoms with van der Waals surface area (Å²) in [5.74, 6) is -0.879. The van der Waals surface area contributed by atoms with Crippen LogP contribution in [0.4, 0.5) is 4.79 Å². The number of rotatable bonds is 6. The third kappa shape index (κ3) is 3.96. The largest absolute Gasteiger partial charge is 0.481 e. The lowest BCUT2D eigenvalue weighted by Crippen LogP contribution is -2.42. The van der Waals surface area contributed by atoms with E-state index in [9.17, 15) is 9.59 Å². The van der Waals surface area contributed by atoms with E-state index in [1.165, 1.54) is 4.90 Å². The SMILES string of the molecule is CN(CCC(=O)O)C(=O)N(Cc1cccs1)C1CC1. The number of amides is 2. The molecule has 5 nitrogen and oxygen atoms in total. The van der Waals surface area contributed by atoms with Crippen molar-refractivity contribution < 1.29 is 14.7 Å². The first kappa shape index (κ1) is 13.9. The van der Waals surface area contributed by atoms with Crippen LogP contribution in [0.2, 0.25) is 0 Å². The van der Waals surface area contributed by atoms with Gasteiger partial charge in [-0.05, 0) is 24.3 Å². The average Bonchev–Trinajstić information content (AvgIpc) is 3.09. The molecule has 0 aromatic carbocycles. The van der Waals surface area contributed by atoms with Crippen LogP contribution >= 0.6 is 11.3 Å². The molecule has 6 heteroatoms. The molecule has 2 amide bonds. The zero-order valence-electron chi connectivity index (χ0n) is 10.9. The van der Waals surface area contributed by atoms with Crippen molar-refractivity contribution in [3.8, 4) is 0 Å². The van der Waals surface area contributed by atoms with Crippen LogP contribution in [0, 0.1) is 0 Å². The van der Waals surface area contributed by atoms with Crippen molar-refractivity contribution in [2.24, 2.45) is 0 Å². The van der Waals surface area contributed by atoms with E-state index in [1.807, 2.05) is 22.4 Å². The van der Waals surface area contributed by atoms with Gasteiger partial charge >= 0.3 is 12.0 Å². The van der Waals surface area contributed by atoms with E-state index in [0.29, 0.717) is 12.6 Å². The quantitative estimate of drug-likeness (QED) is 0.870. The third-order valence-electron chi connectivity index (χ3n) is 3.13. The maximum absolute atomic E-state index is 12.3. The molecule has 0 bridgehead atoms. The average molecular weight is 282 g/mol. The zero-order valence-corrected chi connectivity index (χ0v) is 11.7. The Morgan fingerprint density at radius 3 is 2.74 bits per heavy atom. The van der Waals surface area contributed by atoms with Crippen LogP contribution in [-0.2, 0) is 11.3 Å². The highest BCUT2D eigenvalue weighted by Crippen LogP contribution is 2.30. The van der Waals surface area contributed by atoms with Crippen molar-refractivity contribution in [2.45, 2.75) is 31.8 Å². The molecule has 0 saturated heterocycles. The Morgan fingerprint density at radius 1 is 1.47 bits per heavy atom. The number of carboxylic acids is 1. The number of nitrogens with zero attached hydrogens (tertiary/aromatic N) is 2. The normalized spacial score (nSPS) is 14.2. The second-order valence-electron chi connectivity index (χ2n) is 4.79. The molecule has 1 aromatic rings. The van der Waals surface area contributed by atoms with Crippen molar-refractivity contribution in [3.63, 3.8) is 0 Å². The topological polar surface area (TPSA) is 60.9 Å². The number of carbonyl (C=O) groups is 2. The molecule has 0 atom stereocenters. The van der Waals surface area contributed by atoms with Gasteiger partial charge in [-0.1, -0.05) is 6.07 Å². The number of hydrogen-bond donors (Lipinski definition) is 1. The van der Waals surface area contributed by atoms with Crippen molar-refractivity contribution in [2.75, 3.05) is 13.6 Å². The maximum Gasteiger partial charge on any atom is 0.320 e. The molecule has 1 aliphatic carbocycles. The molecular formula is C13H18N2O3S. The Bertz CT molecular complexity index is 443. The zero-order chi connectivity index (χ0) is 13.8. The van der Waals surface area contributed by atoms with Crippen LogP contribution in [0.1, 0.15) is 24.1 Å². The highest BCUT2D eigenvalue weighted by molar-refractivity contribution is 7.09. The summed E-state index contributed by atoms with van der Waals surface area (Å²) in [5, 5.41) is 10.7. The van der Waals surface area contributed by atoms with Crippen LogP contribution in [0.15, 0.2) is 17.5 Å². The van der Waals surface area contributed by atoms with Crippen molar-refractivity contribution in [3.05, 3.63) is 22.4 Å². The molecule has 1 saturated carbocycles. The van der Waals surface area contributed by atoms with E-state index in [1.54, 1.807) is 18.4 Å². The smallest absolute Gasteiger partial charge is 0.320 e. The summed E-state index contributed by atoms with van der Waals surface area (Å²) in [6, 6.07) is 4.24. The fourth-order valence-corrected chi connectivity index (χ4v) is 2.59. The van der Waals surface area contributed by atoms with Gasteiger partial charge in [0.15, 0.2) is 0 Å². The molecule has 1 aliphatic rings. The highest BCUT2D eigenvalue weighted by atomic mass is 32.1. The summed E-state index contributed by atoms with van der Waals surface area (Å²) in [5.41, 5.74) is 0. The molecule has 0 unspecified atom stereocenters. The lowest BCUT2D eigenvalue weighted by molar-refractivity contribution is -0.137. The molecule has 1 aromatic heterocycles. The number of carboxylic acid groups (broad SMARTS) is 1. The van der Waals surface area contributed by atoms with E-state index in [0.717, 1.165) is 17.7 Å². The van der Waals surface area contributed by atoms with Crippen LogP contribution < -0.4 is 0 Å². The molecule has 104 valence electrons. The molecule has 0 radical (unpaired) electrons. The van der Waals surface area contributed by atoms with E-state index in [4.69, 9.17) is 5.11 Å². The van der Waals surface area contributed by atoms with Crippen LogP contribution in [0.25, 0.3) is 0 Å². The molecular weight excluding hydrogens is 264 g/mol. The van der Waals surface area contributed by atoms with E-state index in [-0.39, 0.29) is 19.0 Å². The van der Waals surface area contributed by atoms with Crippen molar-refractivity contribution in [1.29, 1.82) is 0 Å². The lowest BCUT2D eigenvalue weighted by atomic mass is 10.3. The number of aliphatic carboxylic acids is 1. The first-order valence-electron chi connectivity index (χ1n) is 6.34. The van der Waals surface area contributed by atoms with Gasteiger partial charge in [-0.3, -0.25) is 4.79 Å². The fraction of sp³-hybridized carbons (Fsp3) is 0.538. The fourth-order valence-electron chi connectivity index (χ4n) is 1.89. The predicted octanol–water partition coefficient (Wildman–Crippen LogP) is 2.24. The summed E-state index contributed by atoms with van der Waals surface area (Å²) in [7, 11) is 1.66. The standard InChI is InChI=1S/C13H18N2O3S/c1-14(7-6-12(16)17)13(18)15(10-4-5-10)9-11-3-2-8-19-11/h2-3,8,10H,4-7,9H2,1H3,(H,16,17). The summed E-state index contributed by atoms with van der Waals surface area (Å²) in [6.45, 7) is 0.875. The van der Waals surface area contributed by atoms with Gasteiger partial charge in [0.05, 0.1) is 13.0 Å². The van der Waals surface area contributed by atoms with Gasteiger partial charge in [0.25, 0.3) is 0 Å². The number of hydrogen-bond acceptors (Lipinski definition) is 3. The Hall–Kier alpha value is -1.56. The van der Waals surface area contributed by atoms with Crippen LogP contribution in [-0.4, -0.2) is 46.5 Å². The van der Waals surface area contributed by atoms with Gasteiger partial charge in [-0.15, -0.1) is 11.3 Å². The minimum atomic E-state index is -0.879. The van der Waals surface area contributed by atoms with Crippen LogP contribution in [0.3, 0.4) is 0 Å². The first-order chi connectivity index (χ1) is 9.08. The lowest BCUT2D eigenvalue weighted by Gasteiger charge is -2.27. The first-order valence-corrected chi connectivity index (χ1v) is 7.22. The summed E-state index contributed by atoms with van der Waals surface area (Å²) >= 11 is 1.64. The molecule has 1 fully saturated rings. The summed E-state index contributed by atoms with van der Waals surface area (Å²) in [4.78, 5) is 27.4. The number of carbonyl (C=O) groups excluding carboxylic acids is 1. The highest BCUT2D eigenvalue weighted by Gasteiger charge is 2.34. The van der Waals surface area contributed by atoms with Crippen molar-refractivity contribution >= 4 is 23.3 Å². The van der Waals surface area contributed by atoms with Gasteiger partial charge in [-0.25, -0.2) is 4.79 Å². The Kier molecular flexibility index (Phi) is 4.42. The van der Waals surface area contributed by atoms with Gasteiger partial charge < -0.3 is 14.9 Å². The maximum atomic E-state index is 12.3. The Balaban J connectivity index is 1.94. The molecule has 0 aliphatic heterocycles. The summed E-state index contributed by atoms with van der Waals surface area (Å²) < 4.78 is 0. The van der Waals surface area contributed by atoms with E-state index < -0.39 is 5.97 Å². The predicted molar refractivity (Wildman–Crippen MR) is 73.2 cm³/mol. The molecule has 0 spiro atoms.